The first-order valence-corrected chi connectivity index (χ1v) is 22.6. The summed E-state index contributed by atoms with van der Waals surface area (Å²) in [4.78, 5) is 0. The third-order valence-corrected chi connectivity index (χ3v) is 11.9. The molecule has 3 N–H and O–H groups in total. The zero-order chi connectivity index (χ0) is 34.2. The predicted molar refractivity (Wildman–Crippen MR) is 215 cm³/mol. The maximum atomic E-state index is 7.14. The van der Waals surface area contributed by atoms with E-state index in [2.05, 4.69) is 33.0 Å². The van der Waals surface area contributed by atoms with E-state index in [1.54, 1.807) is 0 Å². The molecule has 1 aliphatic heterocycles. The van der Waals surface area contributed by atoms with E-state index in [9.17, 15) is 0 Å². The zero-order valence-electron chi connectivity index (χ0n) is 33.5. The molecule has 0 spiro atoms. The molecule has 47 heavy (non-hydrogen) atoms. The van der Waals surface area contributed by atoms with Gasteiger partial charge in [-0.15, -0.1) is 0 Å². The number of nitrogens with two attached hydrogens (primary N) is 1. The standard InChI is InChI=1S/C45H92N2/c1-5-9-13-17-21-25-29-33-37-44(38-34-30-26-22-18-14-10-6-2)41-43(46)42-45(47-44,39-35-31-27-23-19-15-11-7-3)40-36-32-28-24-20-16-12-8-4/h43,47H,5-42,46H2,1-4H3. The maximum absolute atomic E-state index is 7.14. The number of rotatable bonds is 36. The molecule has 0 unspecified atom stereocenters. The summed E-state index contributed by atoms with van der Waals surface area (Å²) in [5, 5.41) is 4.61. The molecule has 0 saturated carbocycles. The van der Waals surface area contributed by atoms with Gasteiger partial charge in [-0.1, -0.05) is 233 Å². The summed E-state index contributed by atoms with van der Waals surface area (Å²) >= 11 is 0. The first kappa shape index (κ1) is 44.9. The summed E-state index contributed by atoms with van der Waals surface area (Å²) < 4.78 is 0. The highest BCUT2D eigenvalue weighted by atomic mass is 15.1. The van der Waals surface area contributed by atoms with E-state index in [-0.39, 0.29) is 11.1 Å². The topological polar surface area (TPSA) is 38.0 Å². The van der Waals surface area contributed by atoms with Crippen LogP contribution in [0.5, 0.6) is 0 Å². The Labute approximate surface area is 299 Å². The van der Waals surface area contributed by atoms with Gasteiger partial charge >= 0.3 is 0 Å². The molecule has 0 aromatic rings. The lowest BCUT2D eigenvalue weighted by molar-refractivity contribution is 0.0742. The second-order valence-corrected chi connectivity index (χ2v) is 16.8. The van der Waals surface area contributed by atoms with Gasteiger partial charge in [-0.25, -0.2) is 0 Å². The maximum Gasteiger partial charge on any atom is 0.0201 e. The summed E-state index contributed by atoms with van der Waals surface area (Å²) in [7, 11) is 0. The lowest BCUT2D eigenvalue weighted by Gasteiger charge is -2.53. The van der Waals surface area contributed by atoms with Crippen LogP contribution < -0.4 is 11.1 Å². The molecule has 0 amide bonds. The summed E-state index contributed by atoms with van der Waals surface area (Å²) in [5.74, 6) is 0. The van der Waals surface area contributed by atoms with Gasteiger partial charge in [0.05, 0.1) is 0 Å². The van der Waals surface area contributed by atoms with Crippen LogP contribution in [0.25, 0.3) is 0 Å². The Morgan fingerprint density at radius 3 is 0.745 bits per heavy atom. The number of hydrogen-bond acceptors (Lipinski definition) is 2. The van der Waals surface area contributed by atoms with E-state index in [1.807, 2.05) is 0 Å². The third-order valence-electron chi connectivity index (χ3n) is 11.9. The average Bonchev–Trinajstić information content (AvgIpc) is 3.06. The molecule has 1 aliphatic rings. The van der Waals surface area contributed by atoms with Crippen molar-refractivity contribution in [2.75, 3.05) is 0 Å². The number of hydrogen-bond donors (Lipinski definition) is 2. The van der Waals surface area contributed by atoms with Crippen LogP contribution in [0.1, 0.15) is 272 Å². The smallest absolute Gasteiger partial charge is 0.0201 e. The third kappa shape index (κ3) is 24.7. The van der Waals surface area contributed by atoms with E-state index in [0.717, 1.165) is 0 Å². The van der Waals surface area contributed by atoms with Gasteiger partial charge in [0, 0.05) is 17.1 Å². The Morgan fingerprint density at radius 2 is 0.532 bits per heavy atom. The van der Waals surface area contributed by atoms with Crippen molar-refractivity contribution < 1.29 is 0 Å². The highest BCUT2D eigenvalue weighted by Crippen LogP contribution is 2.41. The quantitative estimate of drug-likeness (QED) is 0.0656. The van der Waals surface area contributed by atoms with Gasteiger partial charge in [0.2, 0.25) is 0 Å². The number of piperidine rings is 1. The molecule has 2 nitrogen and oxygen atoms in total. The molecule has 0 aromatic carbocycles. The van der Waals surface area contributed by atoms with Gasteiger partial charge in [0.15, 0.2) is 0 Å². The van der Waals surface area contributed by atoms with Gasteiger partial charge in [0.25, 0.3) is 0 Å². The fourth-order valence-corrected chi connectivity index (χ4v) is 9.04. The Hall–Kier alpha value is -0.0800. The van der Waals surface area contributed by atoms with Gasteiger partial charge in [-0.3, -0.25) is 0 Å². The molecule has 0 aromatic heterocycles. The van der Waals surface area contributed by atoms with Crippen LogP contribution in [0.15, 0.2) is 0 Å². The summed E-state index contributed by atoms with van der Waals surface area (Å²) in [6.45, 7) is 9.32. The van der Waals surface area contributed by atoms with Gasteiger partial charge in [-0.05, 0) is 38.5 Å². The Kier molecular flexibility index (Phi) is 30.5. The van der Waals surface area contributed by atoms with E-state index in [0.29, 0.717) is 6.04 Å². The van der Waals surface area contributed by atoms with Crippen molar-refractivity contribution in [2.45, 2.75) is 289 Å². The number of nitrogens with one attached hydrogen (secondary N) is 1. The lowest BCUT2D eigenvalue weighted by atomic mass is 9.68. The van der Waals surface area contributed by atoms with Gasteiger partial charge in [-0.2, -0.15) is 0 Å². The van der Waals surface area contributed by atoms with Crippen molar-refractivity contribution in [1.82, 2.24) is 5.32 Å². The van der Waals surface area contributed by atoms with E-state index in [1.165, 1.54) is 244 Å². The minimum Gasteiger partial charge on any atom is -0.328 e. The van der Waals surface area contributed by atoms with Crippen LogP contribution in [0.4, 0.5) is 0 Å². The Balaban J connectivity index is 2.85. The molecule has 0 bridgehead atoms. The van der Waals surface area contributed by atoms with E-state index < -0.39 is 0 Å². The van der Waals surface area contributed by atoms with Gasteiger partial charge in [0.1, 0.15) is 0 Å². The normalized spacial score (nSPS) is 16.3. The van der Waals surface area contributed by atoms with Crippen LogP contribution in [0.3, 0.4) is 0 Å². The SMILES string of the molecule is CCCCCCCCCCC1(CCCCCCCCCC)CC(N)CC(CCCCCCCCCC)(CCCCCCCCCC)N1. The van der Waals surface area contributed by atoms with Crippen LogP contribution in [0, 0.1) is 0 Å². The molecule has 282 valence electrons. The second-order valence-electron chi connectivity index (χ2n) is 16.8. The fraction of sp³-hybridized carbons (Fsp3) is 1.00. The molecule has 0 atom stereocenters. The second kappa shape index (κ2) is 31.9. The highest BCUT2D eigenvalue weighted by molar-refractivity contribution is 5.06. The minimum atomic E-state index is 0.280. The molecule has 2 heteroatoms. The van der Waals surface area contributed by atoms with Crippen LogP contribution >= 0.6 is 0 Å². The van der Waals surface area contributed by atoms with Crippen molar-refractivity contribution in [3.8, 4) is 0 Å². The van der Waals surface area contributed by atoms with E-state index >= 15 is 0 Å². The fourth-order valence-electron chi connectivity index (χ4n) is 9.04. The van der Waals surface area contributed by atoms with Crippen molar-refractivity contribution in [2.24, 2.45) is 5.73 Å². The summed E-state index contributed by atoms with van der Waals surface area (Å²) in [6, 6.07) is 0.377. The molecule has 1 fully saturated rings. The van der Waals surface area contributed by atoms with Crippen molar-refractivity contribution in [1.29, 1.82) is 0 Å². The predicted octanol–water partition coefficient (Wildman–Crippen LogP) is 15.3. The monoisotopic (exact) mass is 661 g/mol. The Bertz CT molecular complexity index is 537. The summed E-state index contributed by atoms with van der Waals surface area (Å²) in [5.41, 5.74) is 7.70. The Morgan fingerprint density at radius 1 is 0.340 bits per heavy atom. The molecular formula is C45H92N2. The molecule has 0 aliphatic carbocycles. The first-order valence-electron chi connectivity index (χ1n) is 22.6. The van der Waals surface area contributed by atoms with Crippen LogP contribution in [-0.2, 0) is 0 Å². The molecule has 0 radical (unpaired) electrons. The highest BCUT2D eigenvalue weighted by Gasteiger charge is 2.45. The van der Waals surface area contributed by atoms with Crippen molar-refractivity contribution in [3.63, 3.8) is 0 Å². The average molecular weight is 661 g/mol. The largest absolute Gasteiger partial charge is 0.328 e. The number of unbranched alkanes of at least 4 members (excludes halogenated alkanes) is 28. The van der Waals surface area contributed by atoms with Crippen molar-refractivity contribution in [3.05, 3.63) is 0 Å². The first-order chi connectivity index (χ1) is 23.1. The van der Waals surface area contributed by atoms with Gasteiger partial charge < -0.3 is 11.1 Å². The minimum absolute atomic E-state index is 0.280. The van der Waals surface area contributed by atoms with Crippen LogP contribution in [-0.4, -0.2) is 17.1 Å². The molecule has 1 heterocycles. The summed E-state index contributed by atoms with van der Waals surface area (Å²) in [6.07, 6.45) is 53.3. The van der Waals surface area contributed by atoms with Crippen molar-refractivity contribution >= 4 is 0 Å². The zero-order valence-corrected chi connectivity index (χ0v) is 33.5. The van der Waals surface area contributed by atoms with Crippen LogP contribution in [0.2, 0.25) is 0 Å². The molecular weight excluding hydrogens is 569 g/mol. The lowest BCUT2D eigenvalue weighted by Crippen LogP contribution is -2.65. The molecule has 1 rings (SSSR count). The van der Waals surface area contributed by atoms with E-state index in [4.69, 9.17) is 5.73 Å². The molecule has 1 saturated heterocycles.